The highest BCUT2D eigenvalue weighted by molar-refractivity contribution is 6.27. The van der Waals surface area contributed by atoms with E-state index in [-0.39, 0.29) is 52.4 Å². The summed E-state index contributed by atoms with van der Waals surface area (Å²) in [5.74, 6) is 0.256. The van der Waals surface area contributed by atoms with Crippen molar-refractivity contribution in [2.45, 2.75) is 50.1 Å². The van der Waals surface area contributed by atoms with Crippen LogP contribution in [0.25, 0.3) is 16.7 Å². The molecule has 10 heteroatoms. The summed E-state index contributed by atoms with van der Waals surface area (Å²) in [6.07, 6.45) is 6.58. The maximum Gasteiger partial charge on any atom is 0.355 e. The molecule has 5 atom stereocenters. The van der Waals surface area contributed by atoms with Crippen LogP contribution in [0, 0.1) is 17.8 Å². The Hall–Kier alpha value is -4.50. The zero-order valence-corrected chi connectivity index (χ0v) is 26.3. The Morgan fingerprint density at radius 3 is 2.37 bits per heavy atom. The number of para-hydroxylation sites is 1. The molecular weight excluding hydrogens is 604 g/mol. The van der Waals surface area contributed by atoms with Crippen molar-refractivity contribution in [2.75, 3.05) is 13.0 Å². The lowest BCUT2D eigenvalue weighted by Crippen LogP contribution is -2.66. The molecule has 4 aliphatic carbocycles. The third-order valence-electron chi connectivity index (χ3n) is 10.1. The highest BCUT2D eigenvalue weighted by Crippen LogP contribution is 2.55. The molecule has 2 N–H and O–H groups in total. The number of benzene rings is 2. The summed E-state index contributed by atoms with van der Waals surface area (Å²) < 4.78 is 6.85. The Balaban J connectivity index is 1.15. The monoisotopic (exact) mass is 638 g/mol. The first-order valence-electron chi connectivity index (χ1n) is 15.7. The van der Waals surface area contributed by atoms with Gasteiger partial charge in [0.25, 0.3) is 5.91 Å². The standard InChI is InChI=1S/C36H35ClN4O5/c1-46-35(45)31-28(32(43)27-8-5-13-38-33(27)41(31)26-6-3-2-4-7-26)16-21-9-11-23(12-10-21)34(44)39-30-24-14-22-15-25(30)19-36(17-22,18-24)40-29(42)20-37/h2-13,22,24-25,30H,14-20H2,1H3,(H,39,44)(H,40,42)/t22-,24-,25+,30-,36+. The second kappa shape index (κ2) is 12.0. The predicted octanol–water partition coefficient (Wildman–Crippen LogP) is 4.80. The summed E-state index contributed by atoms with van der Waals surface area (Å²) in [4.78, 5) is 57.2. The Bertz CT molecular complexity index is 1870. The molecule has 2 amide bonds. The third-order valence-corrected chi connectivity index (χ3v) is 10.4. The van der Waals surface area contributed by atoms with Crippen LogP contribution in [0.5, 0.6) is 0 Å². The second-order valence-corrected chi connectivity index (χ2v) is 13.3. The molecule has 0 spiro atoms. The lowest BCUT2D eigenvalue weighted by atomic mass is 9.51. The fraction of sp³-hybridized carbons (Fsp3) is 0.361. The van der Waals surface area contributed by atoms with Gasteiger partial charge in [-0.3, -0.25) is 19.0 Å². The zero-order valence-electron chi connectivity index (χ0n) is 25.5. The van der Waals surface area contributed by atoms with Crippen molar-refractivity contribution in [3.63, 3.8) is 0 Å². The molecule has 4 bridgehead atoms. The lowest BCUT2D eigenvalue weighted by molar-refractivity contribution is -0.125. The average Bonchev–Trinajstić information content (AvgIpc) is 3.07. The van der Waals surface area contributed by atoms with Gasteiger partial charge in [-0.05, 0) is 91.8 Å². The molecule has 4 saturated carbocycles. The van der Waals surface area contributed by atoms with Crippen LogP contribution in [0.1, 0.15) is 64.1 Å². The number of pyridine rings is 2. The second-order valence-electron chi connectivity index (χ2n) is 13.0. The van der Waals surface area contributed by atoms with Gasteiger partial charge in [0.1, 0.15) is 17.2 Å². The normalized spacial score (nSPS) is 24.5. The number of ether oxygens (including phenoxy) is 1. The summed E-state index contributed by atoms with van der Waals surface area (Å²) in [6, 6.07) is 19.9. The molecular formula is C36H35ClN4O5. The molecule has 2 heterocycles. The number of carbonyl (C=O) groups is 3. The molecule has 46 heavy (non-hydrogen) atoms. The third kappa shape index (κ3) is 5.36. The van der Waals surface area contributed by atoms with E-state index in [0.29, 0.717) is 40.0 Å². The van der Waals surface area contributed by atoms with Gasteiger partial charge < -0.3 is 15.4 Å². The SMILES string of the molecule is COC(=O)c1c(Cc2ccc(C(=O)N[C@@H]3[C@@H]4C[C@@H]5C[C@H]3C[C@](NC(=O)CCl)(C5)C4)cc2)c(=O)c2cccnc2n1-c1ccccc1. The van der Waals surface area contributed by atoms with Crippen molar-refractivity contribution in [2.24, 2.45) is 17.8 Å². The van der Waals surface area contributed by atoms with Crippen LogP contribution in [-0.2, 0) is 16.0 Å². The van der Waals surface area contributed by atoms with Crippen LogP contribution < -0.4 is 16.1 Å². The van der Waals surface area contributed by atoms with E-state index >= 15 is 0 Å². The van der Waals surface area contributed by atoms with Gasteiger partial charge in [-0.15, -0.1) is 11.6 Å². The van der Waals surface area contributed by atoms with Gasteiger partial charge in [0.2, 0.25) is 5.91 Å². The summed E-state index contributed by atoms with van der Waals surface area (Å²) in [6.45, 7) is 0. The zero-order chi connectivity index (χ0) is 32.0. The smallest absolute Gasteiger partial charge is 0.355 e. The van der Waals surface area contributed by atoms with E-state index in [1.165, 1.54) is 7.11 Å². The van der Waals surface area contributed by atoms with E-state index < -0.39 is 5.97 Å². The molecule has 236 valence electrons. The molecule has 0 aliphatic heterocycles. The highest BCUT2D eigenvalue weighted by Gasteiger charge is 2.56. The van der Waals surface area contributed by atoms with Crippen LogP contribution in [0.4, 0.5) is 0 Å². The fourth-order valence-electron chi connectivity index (χ4n) is 8.52. The average molecular weight is 639 g/mol. The molecule has 2 aromatic carbocycles. The number of nitrogens with zero attached hydrogens (tertiary/aromatic N) is 2. The number of carbonyl (C=O) groups excluding carboxylic acids is 3. The summed E-state index contributed by atoms with van der Waals surface area (Å²) >= 11 is 5.80. The molecule has 9 nitrogen and oxygen atoms in total. The first kappa shape index (κ1) is 30.2. The Morgan fingerprint density at radius 2 is 1.70 bits per heavy atom. The Labute approximate surface area is 271 Å². The molecule has 0 unspecified atom stereocenters. The molecule has 0 saturated heterocycles. The number of aromatic nitrogens is 2. The minimum Gasteiger partial charge on any atom is -0.464 e. The van der Waals surface area contributed by atoms with E-state index in [4.69, 9.17) is 16.3 Å². The molecule has 4 fully saturated rings. The summed E-state index contributed by atoms with van der Waals surface area (Å²) in [5, 5.41) is 6.92. The number of rotatable bonds is 8. The van der Waals surface area contributed by atoms with Gasteiger partial charge in [-0.1, -0.05) is 30.3 Å². The Morgan fingerprint density at radius 1 is 0.978 bits per heavy atom. The topological polar surface area (TPSA) is 119 Å². The minimum atomic E-state index is -0.640. The van der Waals surface area contributed by atoms with Gasteiger partial charge in [0.15, 0.2) is 5.43 Å². The number of amides is 2. The van der Waals surface area contributed by atoms with Crippen molar-refractivity contribution in [3.8, 4) is 5.69 Å². The number of hydrogen-bond acceptors (Lipinski definition) is 6. The maximum atomic E-state index is 13.8. The number of hydrogen-bond donors (Lipinski definition) is 2. The number of halogens is 1. The van der Waals surface area contributed by atoms with Gasteiger partial charge in [-0.25, -0.2) is 9.78 Å². The first-order chi connectivity index (χ1) is 22.3. The molecule has 0 radical (unpaired) electrons. The van der Waals surface area contributed by atoms with Gasteiger partial charge >= 0.3 is 5.97 Å². The van der Waals surface area contributed by atoms with E-state index in [1.54, 1.807) is 35.0 Å². The van der Waals surface area contributed by atoms with Crippen LogP contribution in [-0.4, -0.2) is 51.9 Å². The maximum absolute atomic E-state index is 13.8. The van der Waals surface area contributed by atoms with E-state index in [2.05, 4.69) is 15.6 Å². The molecule has 8 rings (SSSR count). The number of alkyl halides is 1. The fourth-order valence-corrected chi connectivity index (χ4v) is 8.59. The van der Waals surface area contributed by atoms with E-state index in [0.717, 1.165) is 37.7 Å². The first-order valence-corrected chi connectivity index (χ1v) is 16.3. The highest BCUT2D eigenvalue weighted by atomic mass is 35.5. The molecule has 4 aliphatic rings. The summed E-state index contributed by atoms with van der Waals surface area (Å²) in [7, 11) is 1.29. The molecule has 2 aromatic heterocycles. The van der Waals surface area contributed by atoms with Crippen LogP contribution in [0.2, 0.25) is 0 Å². The van der Waals surface area contributed by atoms with Crippen LogP contribution in [0.3, 0.4) is 0 Å². The number of nitrogens with one attached hydrogen (secondary N) is 2. The van der Waals surface area contributed by atoms with Crippen molar-refractivity contribution >= 4 is 40.4 Å². The van der Waals surface area contributed by atoms with Gasteiger partial charge in [0.05, 0.1) is 12.5 Å². The largest absolute Gasteiger partial charge is 0.464 e. The number of fused-ring (bicyclic) bond motifs is 1. The predicted molar refractivity (Wildman–Crippen MR) is 174 cm³/mol. The van der Waals surface area contributed by atoms with Crippen LogP contribution >= 0.6 is 11.6 Å². The van der Waals surface area contributed by atoms with Crippen molar-refractivity contribution in [1.29, 1.82) is 0 Å². The van der Waals surface area contributed by atoms with E-state index in [1.807, 2.05) is 42.5 Å². The Kier molecular flexibility index (Phi) is 7.88. The summed E-state index contributed by atoms with van der Waals surface area (Å²) in [5.41, 5.74) is 2.26. The lowest BCUT2D eigenvalue weighted by Gasteiger charge is -2.60. The van der Waals surface area contributed by atoms with Crippen molar-refractivity contribution < 1.29 is 19.1 Å². The number of esters is 1. The minimum absolute atomic E-state index is 0.0386. The molecule has 4 aromatic rings. The van der Waals surface area contributed by atoms with E-state index in [9.17, 15) is 19.2 Å². The van der Waals surface area contributed by atoms with Gasteiger partial charge in [-0.2, -0.15) is 0 Å². The van der Waals surface area contributed by atoms with Crippen LogP contribution in [0.15, 0.2) is 77.7 Å². The van der Waals surface area contributed by atoms with Gasteiger partial charge in [0, 0.05) is 41.0 Å². The quantitative estimate of drug-likeness (QED) is 0.212. The van der Waals surface area contributed by atoms with Crippen molar-refractivity contribution in [3.05, 3.63) is 106 Å². The van der Waals surface area contributed by atoms with Crippen molar-refractivity contribution in [1.82, 2.24) is 20.2 Å². The number of methoxy groups -OCH3 is 1.